The second kappa shape index (κ2) is 11.6. The van der Waals surface area contributed by atoms with Crippen LogP contribution >= 0.6 is 0 Å². The van der Waals surface area contributed by atoms with Gasteiger partial charge in [0.1, 0.15) is 11.6 Å². The first-order valence-electron chi connectivity index (χ1n) is 13.4. The van der Waals surface area contributed by atoms with Crippen LogP contribution in [-0.2, 0) is 13.1 Å². The van der Waals surface area contributed by atoms with E-state index in [1.807, 2.05) is 16.8 Å². The number of aromatic nitrogens is 2. The number of piperazine rings is 1. The molecule has 0 radical (unpaired) electrons. The third-order valence-electron chi connectivity index (χ3n) is 7.79. The molecule has 1 fully saturated rings. The summed E-state index contributed by atoms with van der Waals surface area (Å²) in [5, 5.41) is 5.01. The molecule has 1 saturated heterocycles. The molecular weight excluding hydrogens is 449 g/mol. The molecule has 2 heterocycles. The van der Waals surface area contributed by atoms with E-state index in [0.29, 0.717) is 6.04 Å². The molecule has 0 N–H and O–H groups in total. The van der Waals surface area contributed by atoms with Crippen molar-refractivity contribution in [1.29, 1.82) is 0 Å². The highest BCUT2D eigenvalue weighted by atomic mass is 19.1. The number of hydrogen-bond acceptors (Lipinski definition) is 4. The predicted molar refractivity (Wildman–Crippen MR) is 148 cm³/mol. The molecule has 4 rings (SSSR count). The van der Waals surface area contributed by atoms with Crippen molar-refractivity contribution >= 4 is 5.82 Å². The van der Waals surface area contributed by atoms with Gasteiger partial charge in [-0.2, -0.15) is 5.10 Å². The lowest BCUT2D eigenvalue weighted by atomic mass is 10.0. The van der Waals surface area contributed by atoms with Gasteiger partial charge in [0.15, 0.2) is 0 Å². The van der Waals surface area contributed by atoms with E-state index in [0.717, 1.165) is 69.4 Å². The molecule has 0 unspecified atom stereocenters. The lowest BCUT2D eigenvalue weighted by Crippen LogP contribution is -2.47. The summed E-state index contributed by atoms with van der Waals surface area (Å²) >= 11 is 0. The van der Waals surface area contributed by atoms with Crippen LogP contribution in [0.25, 0.3) is 5.69 Å². The number of anilines is 1. The van der Waals surface area contributed by atoms with Gasteiger partial charge in [0.2, 0.25) is 0 Å². The Morgan fingerprint density at radius 3 is 2.25 bits per heavy atom. The van der Waals surface area contributed by atoms with Crippen molar-refractivity contribution in [3.05, 3.63) is 76.2 Å². The van der Waals surface area contributed by atoms with Gasteiger partial charge >= 0.3 is 0 Å². The minimum absolute atomic E-state index is 0.225. The van der Waals surface area contributed by atoms with Crippen molar-refractivity contribution in [3.63, 3.8) is 0 Å². The molecule has 1 aromatic heterocycles. The van der Waals surface area contributed by atoms with Crippen LogP contribution in [0.2, 0.25) is 0 Å². The Morgan fingerprint density at radius 1 is 0.944 bits per heavy atom. The number of benzene rings is 2. The highest BCUT2D eigenvalue weighted by Crippen LogP contribution is 2.31. The molecule has 6 heteroatoms. The maximum Gasteiger partial charge on any atom is 0.137 e. The van der Waals surface area contributed by atoms with Crippen LogP contribution in [-0.4, -0.2) is 58.3 Å². The topological polar surface area (TPSA) is 27.5 Å². The highest BCUT2D eigenvalue weighted by Gasteiger charge is 2.27. The molecule has 36 heavy (non-hydrogen) atoms. The standard InChI is InChI=1S/C30H42FN5/c1-7-24(5)35(20-26-10-9-22(3)19-23(26)4)21-29-25(6)32-36(28-13-11-27(31)12-14-28)30(29)34-17-15-33(8-2)16-18-34/h9-14,19,24H,7-8,15-18,20-21H2,1-6H3/t24-/m0/s1. The quantitative estimate of drug-likeness (QED) is 0.374. The van der Waals surface area contributed by atoms with Gasteiger partial charge < -0.3 is 9.80 Å². The van der Waals surface area contributed by atoms with E-state index in [2.05, 4.69) is 74.4 Å². The smallest absolute Gasteiger partial charge is 0.137 e. The van der Waals surface area contributed by atoms with Crippen LogP contribution in [0.15, 0.2) is 42.5 Å². The van der Waals surface area contributed by atoms with E-state index in [-0.39, 0.29) is 5.82 Å². The summed E-state index contributed by atoms with van der Waals surface area (Å²) in [5.41, 5.74) is 7.25. The highest BCUT2D eigenvalue weighted by molar-refractivity contribution is 5.56. The average Bonchev–Trinajstić information content (AvgIpc) is 3.20. The van der Waals surface area contributed by atoms with Crippen LogP contribution in [0.1, 0.15) is 55.1 Å². The van der Waals surface area contributed by atoms with Crippen molar-refractivity contribution in [3.8, 4) is 5.69 Å². The first kappa shape index (κ1) is 26.4. The molecule has 0 spiro atoms. The second-order valence-electron chi connectivity index (χ2n) is 10.3. The summed E-state index contributed by atoms with van der Waals surface area (Å²) in [4.78, 5) is 7.56. The van der Waals surface area contributed by atoms with Gasteiger partial charge in [-0.05, 0) is 76.1 Å². The van der Waals surface area contributed by atoms with Crippen molar-refractivity contribution in [1.82, 2.24) is 19.6 Å². The monoisotopic (exact) mass is 491 g/mol. The Kier molecular flexibility index (Phi) is 8.47. The van der Waals surface area contributed by atoms with Crippen molar-refractivity contribution in [2.75, 3.05) is 37.6 Å². The lowest BCUT2D eigenvalue weighted by Gasteiger charge is -2.37. The van der Waals surface area contributed by atoms with E-state index >= 15 is 0 Å². The Bertz CT molecular complexity index is 1140. The first-order valence-corrected chi connectivity index (χ1v) is 13.4. The van der Waals surface area contributed by atoms with Crippen molar-refractivity contribution in [2.24, 2.45) is 0 Å². The number of likely N-dealkylation sites (N-methyl/N-ethyl adjacent to an activating group) is 1. The lowest BCUT2D eigenvalue weighted by molar-refractivity contribution is 0.185. The summed E-state index contributed by atoms with van der Waals surface area (Å²) in [6, 6.07) is 13.9. The van der Waals surface area contributed by atoms with E-state index in [1.54, 1.807) is 0 Å². The zero-order valence-electron chi connectivity index (χ0n) is 22.9. The zero-order chi connectivity index (χ0) is 25.8. The maximum atomic E-state index is 13.7. The van der Waals surface area contributed by atoms with Gasteiger partial charge in [-0.1, -0.05) is 37.6 Å². The summed E-state index contributed by atoms with van der Waals surface area (Å²) < 4.78 is 15.8. The third kappa shape index (κ3) is 5.81. The van der Waals surface area contributed by atoms with Crippen LogP contribution in [0, 0.1) is 26.6 Å². The summed E-state index contributed by atoms with van der Waals surface area (Å²) in [5.74, 6) is 0.932. The number of halogens is 1. The number of rotatable bonds is 9. The molecule has 3 aromatic rings. The van der Waals surface area contributed by atoms with Gasteiger partial charge in [-0.3, -0.25) is 4.90 Å². The molecular formula is C30H42FN5. The van der Waals surface area contributed by atoms with Gasteiger partial charge in [0.05, 0.1) is 11.4 Å². The van der Waals surface area contributed by atoms with E-state index in [4.69, 9.17) is 5.10 Å². The molecule has 2 aromatic carbocycles. The van der Waals surface area contributed by atoms with Crippen LogP contribution < -0.4 is 4.90 Å². The summed E-state index contributed by atoms with van der Waals surface area (Å²) in [6.07, 6.45) is 1.08. The fraction of sp³-hybridized carbons (Fsp3) is 0.500. The van der Waals surface area contributed by atoms with Crippen LogP contribution in [0.3, 0.4) is 0 Å². The fourth-order valence-corrected chi connectivity index (χ4v) is 5.17. The van der Waals surface area contributed by atoms with Gasteiger partial charge in [-0.15, -0.1) is 0 Å². The van der Waals surface area contributed by atoms with Crippen LogP contribution in [0.5, 0.6) is 0 Å². The predicted octanol–water partition coefficient (Wildman–Crippen LogP) is 5.88. The minimum Gasteiger partial charge on any atom is -0.354 e. The molecule has 1 aliphatic rings. The Morgan fingerprint density at radius 2 is 1.64 bits per heavy atom. The van der Waals surface area contributed by atoms with Gasteiger partial charge in [-0.25, -0.2) is 9.07 Å². The van der Waals surface area contributed by atoms with E-state index in [9.17, 15) is 4.39 Å². The molecule has 0 aliphatic carbocycles. The Balaban J connectivity index is 1.73. The molecule has 1 atom stereocenters. The minimum atomic E-state index is -0.225. The first-order chi connectivity index (χ1) is 17.3. The van der Waals surface area contributed by atoms with Crippen molar-refractivity contribution < 1.29 is 4.39 Å². The summed E-state index contributed by atoms with van der Waals surface area (Å²) in [6.45, 7) is 20.1. The van der Waals surface area contributed by atoms with Crippen LogP contribution in [0.4, 0.5) is 10.2 Å². The molecule has 0 bridgehead atoms. The van der Waals surface area contributed by atoms with E-state index < -0.39 is 0 Å². The Hall–Kier alpha value is -2.70. The molecule has 1 aliphatic heterocycles. The molecule has 0 saturated carbocycles. The SMILES string of the molecule is CC[C@H](C)N(Cc1ccc(C)cc1C)Cc1c(C)nn(-c2ccc(F)cc2)c1N1CCN(CC)CC1. The molecule has 194 valence electrons. The molecule has 0 amide bonds. The largest absolute Gasteiger partial charge is 0.354 e. The summed E-state index contributed by atoms with van der Waals surface area (Å²) in [7, 11) is 0. The average molecular weight is 492 g/mol. The third-order valence-corrected chi connectivity index (χ3v) is 7.79. The number of hydrogen-bond donors (Lipinski definition) is 0. The number of nitrogens with zero attached hydrogens (tertiary/aromatic N) is 5. The molecule has 5 nitrogen and oxygen atoms in total. The second-order valence-corrected chi connectivity index (χ2v) is 10.3. The maximum absolute atomic E-state index is 13.7. The zero-order valence-corrected chi connectivity index (χ0v) is 22.9. The van der Waals surface area contributed by atoms with Gasteiger partial charge in [0, 0.05) is 50.9 Å². The normalized spacial score (nSPS) is 15.6. The van der Waals surface area contributed by atoms with Crippen molar-refractivity contribution in [2.45, 2.75) is 67.1 Å². The number of aryl methyl sites for hydroxylation is 3. The Labute approximate surface area is 216 Å². The fourth-order valence-electron chi connectivity index (χ4n) is 5.17. The van der Waals surface area contributed by atoms with Gasteiger partial charge in [0.25, 0.3) is 0 Å². The van der Waals surface area contributed by atoms with E-state index in [1.165, 1.54) is 34.4 Å².